The van der Waals surface area contributed by atoms with Gasteiger partial charge in [0, 0.05) is 5.57 Å². The van der Waals surface area contributed by atoms with Crippen LogP contribution in [0.5, 0.6) is 0 Å². The van der Waals surface area contributed by atoms with Crippen LogP contribution in [0.2, 0.25) is 0 Å². The van der Waals surface area contributed by atoms with Gasteiger partial charge < -0.3 is 10.2 Å². The summed E-state index contributed by atoms with van der Waals surface area (Å²) in [5.74, 6) is -0.0579. The highest BCUT2D eigenvalue weighted by Crippen LogP contribution is 2.27. The van der Waals surface area contributed by atoms with E-state index in [1.165, 1.54) is 0 Å². The number of aliphatic hydroxyl groups excluding tert-OH is 2. The number of aliphatic hydroxyl groups is 2. The largest absolute Gasteiger partial charge is 0.508 e. The summed E-state index contributed by atoms with van der Waals surface area (Å²) in [7, 11) is 5.07. The third-order valence-corrected chi connectivity index (χ3v) is 1.20. The van der Waals surface area contributed by atoms with E-state index in [1.807, 2.05) is 0 Å². The molecule has 0 heterocycles. The molecule has 2 N–H and O–H groups in total. The van der Waals surface area contributed by atoms with Crippen molar-refractivity contribution in [3.63, 3.8) is 0 Å². The van der Waals surface area contributed by atoms with Crippen molar-refractivity contribution in [2.45, 2.75) is 6.10 Å². The highest BCUT2D eigenvalue weighted by molar-refractivity contribution is 6.24. The summed E-state index contributed by atoms with van der Waals surface area (Å²) >= 11 is 0. The topological polar surface area (TPSA) is 40.5 Å². The van der Waals surface area contributed by atoms with Crippen LogP contribution in [-0.2, 0) is 0 Å². The molecule has 0 aromatic rings. The van der Waals surface area contributed by atoms with E-state index in [0.29, 0.717) is 5.57 Å². The summed E-state index contributed by atoms with van der Waals surface area (Å²) in [5.41, 5.74) is 0.428. The van der Waals surface area contributed by atoms with Crippen molar-refractivity contribution in [3.8, 4) is 0 Å². The van der Waals surface area contributed by atoms with Crippen LogP contribution < -0.4 is 0 Å². The van der Waals surface area contributed by atoms with Crippen LogP contribution >= 0.6 is 0 Å². The zero-order chi connectivity index (χ0) is 6.31. The molecule has 2 radical (unpaired) electrons. The summed E-state index contributed by atoms with van der Waals surface area (Å²) in [5, 5.41) is 17.4. The molecule has 1 aliphatic carbocycles. The van der Waals surface area contributed by atoms with Gasteiger partial charge in [-0.25, -0.2) is 0 Å². The predicted octanol–water partition coefficient (Wildman–Crippen LogP) is -0.145. The van der Waals surface area contributed by atoms with E-state index in [2.05, 4.69) is 6.58 Å². The molecule has 1 rings (SSSR count). The Hall–Kier alpha value is -0.695. The molecule has 0 aromatic carbocycles. The lowest BCUT2D eigenvalue weighted by Crippen LogP contribution is -2.26. The molecular weight excluding hydrogens is 103 g/mol. The van der Waals surface area contributed by atoms with Crippen molar-refractivity contribution in [2.24, 2.45) is 0 Å². The molecule has 0 aliphatic heterocycles. The van der Waals surface area contributed by atoms with Crippen molar-refractivity contribution >= 4 is 7.85 Å². The molecule has 0 saturated heterocycles. The van der Waals surface area contributed by atoms with Crippen molar-refractivity contribution in [3.05, 3.63) is 23.4 Å². The molecule has 3 heteroatoms. The Labute approximate surface area is 48.6 Å². The van der Waals surface area contributed by atoms with E-state index < -0.39 is 6.10 Å². The van der Waals surface area contributed by atoms with Crippen molar-refractivity contribution in [1.82, 2.24) is 0 Å². The van der Waals surface area contributed by atoms with Gasteiger partial charge in [-0.15, -0.1) is 0 Å². The summed E-state index contributed by atoms with van der Waals surface area (Å²) < 4.78 is 0. The van der Waals surface area contributed by atoms with Crippen molar-refractivity contribution in [2.75, 3.05) is 0 Å². The predicted molar refractivity (Wildman–Crippen MR) is 30.6 cm³/mol. The van der Waals surface area contributed by atoms with Gasteiger partial charge >= 0.3 is 0 Å². The maximum atomic E-state index is 8.71. The lowest BCUT2D eigenvalue weighted by Gasteiger charge is -2.25. The molecule has 0 fully saturated rings. The number of hydrogen-bond acceptors (Lipinski definition) is 2. The maximum Gasteiger partial charge on any atom is 0.117 e. The fourth-order valence-corrected chi connectivity index (χ4v) is 0.554. The van der Waals surface area contributed by atoms with Gasteiger partial charge in [-0.2, -0.15) is 0 Å². The average Bonchev–Trinajstić information content (AvgIpc) is 1.83. The van der Waals surface area contributed by atoms with Crippen molar-refractivity contribution in [1.29, 1.82) is 0 Å². The molecule has 40 valence electrons. The molecule has 1 aliphatic rings. The van der Waals surface area contributed by atoms with Gasteiger partial charge in [-0.1, -0.05) is 6.58 Å². The Morgan fingerprint density at radius 1 is 1.62 bits per heavy atom. The Morgan fingerprint density at radius 3 is 2.25 bits per heavy atom. The second-order valence-corrected chi connectivity index (χ2v) is 1.73. The number of rotatable bonds is 0. The van der Waals surface area contributed by atoms with Crippen LogP contribution in [0, 0.1) is 0 Å². The summed E-state index contributed by atoms with van der Waals surface area (Å²) in [6, 6.07) is 0. The van der Waals surface area contributed by atoms with Crippen LogP contribution in [0.3, 0.4) is 0 Å². The first-order chi connectivity index (χ1) is 3.64. The van der Waals surface area contributed by atoms with Gasteiger partial charge in [0.05, 0.1) is 6.10 Å². The van der Waals surface area contributed by atoms with E-state index in [0.717, 1.165) is 0 Å². The minimum absolute atomic E-state index is 0.0579. The van der Waals surface area contributed by atoms with Crippen LogP contribution in [0.25, 0.3) is 0 Å². The molecule has 2 nitrogen and oxygen atoms in total. The summed E-state index contributed by atoms with van der Waals surface area (Å²) in [6.07, 6.45) is -0.810. The zero-order valence-electron chi connectivity index (χ0n) is 4.26. The number of hydrogen-bond donors (Lipinski definition) is 2. The quantitative estimate of drug-likeness (QED) is 0.423. The summed E-state index contributed by atoms with van der Waals surface area (Å²) in [4.78, 5) is 0. The van der Waals surface area contributed by atoms with E-state index in [4.69, 9.17) is 18.1 Å². The first-order valence-corrected chi connectivity index (χ1v) is 2.20. The SMILES string of the molecule is [B]C1=C(O)C(=C)C1O. The molecule has 0 saturated carbocycles. The lowest BCUT2D eigenvalue weighted by molar-refractivity contribution is 0.212. The Kier molecular flexibility index (Phi) is 0.944. The Morgan fingerprint density at radius 2 is 2.12 bits per heavy atom. The van der Waals surface area contributed by atoms with Crippen LogP contribution in [-0.4, -0.2) is 24.2 Å². The highest BCUT2D eigenvalue weighted by atomic mass is 16.3. The lowest BCUT2D eigenvalue weighted by atomic mass is 9.75. The third-order valence-electron chi connectivity index (χ3n) is 1.20. The van der Waals surface area contributed by atoms with Gasteiger partial charge in [0.25, 0.3) is 0 Å². The van der Waals surface area contributed by atoms with E-state index in [9.17, 15) is 0 Å². The minimum Gasteiger partial charge on any atom is -0.508 e. The molecule has 1 atom stereocenters. The van der Waals surface area contributed by atoms with Crippen LogP contribution in [0.4, 0.5) is 0 Å². The van der Waals surface area contributed by atoms with Crippen LogP contribution in [0.1, 0.15) is 0 Å². The fraction of sp³-hybridized carbons (Fsp3) is 0.200. The molecule has 0 bridgehead atoms. The Bertz CT molecular complexity index is 171. The van der Waals surface area contributed by atoms with E-state index in [1.54, 1.807) is 0 Å². The summed E-state index contributed by atoms with van der Waals surface area (Å²) in [6.45, 7) is 3.34. The Balaban J connectivity index is 2.90. The standard InChI is InChI=1S/C5H5BO2/c1-2-4(7)3(6)5(2)8/h4,7-8H,1H2. The third kappa shape index (κ3) is 0.420. The maximum absolute atomic E-state index is 8.71. The van der Waals surface area contributed by atoms with Gasteiger partial charge in [0.15, 0.2) is 0 Å². The van der Waals surface area contributed by atoms with Crippen molar-refractivity contribution < 1.29 is 10.2 Å². The fourth-order valence-electron chi connectivity index (χ4n) is 0.554. The van der Waals surface area contributed by atoms with Gasteiger partial charge in [-0.3, -0.25) is 0 Å². The van der Waals surface area contributed by atoms with E-state index in [-0.39, 0.29) is 11.2 Å². The second-order valence-electron chi connectivity index (χ2n) is 1.73. The normalized spacial score (nSPS) is 28.1. The van der Waals surface area contributed by atoms with Gasteiger partial charge in [0.2, 0.25) is 0 Å². The van der Waals surface area contributed by atoms with Gasteiger partial charge in [-0.05, 0) is 5.47 Å². The average molecular weight is 108 g/mol. The zero-order valence-corrected chi connectivity index (χ0v) is 4.26. The minimum atomic E-state index is -0.810. The molecule has 0 aromatic heterocycles. The molecule has 0 amide bonds. The van der Waals surface area contributed by atoms with Gasteiger partial charge in [0.1, 0.15) is 13.6 Å². The smallest absolute Gasteiger partial charge is 0.117 e. The molecular formula is C5H5BO2. The second kappa shape index (κ2) is 1.39. The monoisotopic (exact) mass is 108 g/mol. The molecule has 8 heavy (non-hydrogen) atoms. The molecule has 0 spiro atoms. The first-order valence-electron chi connectivity index (χ1n) is 2.20. The van der Waals surface area contributed by atoms with E-state index >= 15 is 0 Å². The molecule has 1 unspecified atom stereocenters. The highest BCUT2D eigenvalue weighted by Gasteiger charge is 2.26. The van der Waals surface area contributed by atoms with Crippen LogP contribution in [0.15, 0.2) is 23.4 Å². The first kappa shape index (κ1) is 5.44.